The molecule has 0 bridgehead atoms. The van der Waals surface area contributed by atoms with Crippen LogP contribution in [0.3, 0.4) is 0 Å². The molecule has 0 unspecified atom stereocenters. The average Bonchev–Trinajstić information content (AvgIpc) is 2.85. The fraction of sp³-hybridized carbons (Fsp3) is 0.200. The van der Waals surface area contributed by atoms with Gasteiger partial charge in [0.1, 0.15) is 10.7 Å². The van der Waals surface area contributed by atoms with Gasteiger partial charge in [-0.2, -0.15) is 0 Å². The first-order chi connectivity index (χ1) is 7.22. The van der Waals surface area contributed by atoms with Gasteiger partial charge in [0.15, 0.2) is 0 Å². The number of nitrogens with zero attached hydrogens (tertiary/aromatic N) is 2. The second kappa shape index (κ2) is 3.86. The number of aryl methyl sites for hydroxylation is 1. The highest BCUT2D eigenvalue weighted by molar-refractivity contribution is 7.12. The van der Waals surface area contributed by atoms with Crippen molar-refractivity contribution in [1.82, 2.24) is 9.55 Å². The van der Waals surface area contributed by atoms with Crippen molar-refractivity contribution in [2.45, 2.75) is 13.3 Å². The lowest BCUT2D eigenvalue weighted by atomic mass is 10.4. The summed E-state index contributed by atoms with van der Waals surface area (Å²) in [6.45, 7) is 2.02. The van der Waals surface area contributed by atoms with Crippen LogP contribution in [0.5, 0.6) is 0 Å². The van der Waals surface area contributed by atoms with Crippen LogP contribution in [-0.4, -0.2) is 20.6 Å². The molecule has 78 valence electrons. The molecule has 2 aromatic rings. The molecular weight excluding hydrogens is 212 g/mol. The van der Waals surface area contributed by atoms with E-state index in [-0.39, 0.29) is 0 Å². The predicted octanol–water partition coefficient (Wildman–Crippen LogP) is 2.19. The zero-order valence-corrected chi connectivity index (χ0v) is 8.99. The average molecular weight is 222 g/mol. The van der Waals surface area contributed by atoms with E-state index in [1.165, 1.54) is 11.3 Å². The van der Waals surface area contributed by atoms with Gasteiger partial charge in [-0.05, 0) is 6.07 Å². The number of hydrogen-bond acceptors (Lipinski definition) is 3. The van der Waals surface area contributed by atoms with E-state index in [1.54, 1.807) is 12.3 Å². The van der Waals surface area contributed by atoms with Gasteiger partial charge in [0.25, 0.3) is 0 Å². The number of carbonyl (C=O) groups is 1. The summed E-state index contributed by atoms with van der Waals surface area (Å²) in [4.78, 5) is 15.3. The highest BCUT2D eigenvalue weighted by Gasteiger charge is 2.09. The molecule has 15 heavy (non-hydrogen) atoms. The van der Waals surface area contributed by atoms with Crippen molar-refractivity contribution in [2.24, 2.45) is 0 Å². The van der Waals surface area contributed by atoms with E-state index >= 15 is 0 Å². The molecule has 2 aromatic heterocycles. The third-order valence-corrected chi connectivity index (χ3v) is 3.01. The number of rotatable bonds is 3. The minimum absolute atomic E-state index is 0.348. The Morgan fingerprint density at radius 1 is 1.67 bits per heavy atom. The summed E-state index contributed by atoms with van der Waals surface area (Å²) >= 11 is 1.23. The smallest absolute Gasteiger partial charge is 0.345 e. The standard InChI is InChI=1S/C10H10N2O2S/c1-2-9-11-3-4-12(9)7-5-8(10(13)14)15-6-7/h3-6H,2H2,1H3,(H,13,14). The van der Waals surface area contributed by atoms with Gasteiger partial charge in [0, 0.05) is 24.2 Å². The first kappa shape index (κ1) is 9.92. The molecule has 0 radical (unpaired) electrons. The van der Waals surface area contributed by atoms with E-state index in [4.69, 9.17) is 5.11 Å². The molecule has 0 aliphatic heterocycles. The molecule has 0 spiro atoms. The molecule has 1 N–H and O–H groups in total. The fourth-order valence-corrected chi connectivity index (χ4v) is 2.11. The van der Waals surface area contributed by atoms with Crippen LogP contribution < -0.4 is 0 Å². The van der Waals surface area contributed by atoms with Gasteiger partial charge in [-0.1, -0.05) is 6.92 Å². The van der Waals surface area contributed by atoms with Gasteiger partial charge in [0.2, 0.25) is 0 Å². The highest BCUT2D eigenvalue weighted by atomic mass is 32.1. The van der Waals surface area contributed by atoms with E-state index < -0.39 is 5.97 Å². The Kier molecular flexibility index (Phi) is 2.55. The third-order valence-electron chi connectivity index (χ3n) is 2.11. The van der Waals surface area contributed by atoms with E-state index in [9.17, 15) is 4.79 Å². The van der Waals surface area contributed by atoms with Crippen LogP contribution in [0.4, 0.5) is 0 Å². The Bertz CT molecular complexity index is 487. The molecule has 0 saturated carbocycles. The van der Waals surface area contributed by atoms with Gasteiger partial charge in [0.05, 0.1) is 5.69 Å². The zero-order valence-electron chi connectivity index (χ0n) is 8.17. The third kappa shape index (κ3) is 1.78. The lowest BCUT2D eigenvalue weighted by molar-refractivity contribution is 0.0702. The Morgan fingerprint density at radius 3 is 3.07 bits per heavy atom. The van der Waals surface area contributed by atoms with Crippen molar-refractivity contribution in [1.29, 1.82) is 0 Å². The molecule has 0 saturated heterocycles. The summed E-state index contributed by atoms with van der Waals surface area (Å²) in [5.74, 6) is 0.0501. The minimum Gasteiger partial charge on any atom is -0.477 e. The zero-order chi connectivity index (χ0) is 10.8. The van der Waals surface area contributed by atoms with Gasteiger partial charge < -0.3 is 9.67 Å². The summed E-state index contributed by atoms with van der Waals surface area (Å²) in [7, 11) is 0. The Morgan fingerprint density at radius 2 is 2.47 bits per heavy atom. The molecule has 0 atom stereocenters. The summed E-state index contributed by atoms with van der Waals surface area (Å²) in [5, 5.41) is 10.6. The molecule has 0 aromatic carbocycles. The van der Waals surface area contributed by atoms with Crippen molar-refractivity contribution in [2.75, 3.05) is 0 Å². The van der Waals surface area contributed by atoms with Crippen molar-refractivity contribution in [3.05, 3.63) is 34.5 Å². The number of thiophene rings is 1. The maximum absolute atomic E-state index is 10.7. The molecule has 0 amide bonds. The van der Waals surface area contributed by atoms with Gasteiger partial charge in [-0.15, -0.1) is 11.3 Å². The highest BCUT2D eigenvalue weighted by Crippen LogP contribution is 2.19. The van der Waals surface area contributed by atoms with Crippen molar-refractivity contribution in [3.8, 4) is 5.69 Å². The van der Waals surface area contributed by atoms with Crippen LogP contribution in [-0.2, 0) is 6.42 Å². The van der Waals surface area contributed by atoms with Gasteiger partial charge in [-0.3, -0.25) is 0 Å². The number of carboxylic acid groups (broad SMARTS) is 1. The largest absolute Gasteiger partial charge is 0.477 e. The molecule has 0 aliphatic carbocycles. The second-order valence-electron chi connectivity index (χ2n) is 3.04. The number of hydrogen-bond donors (Lipinski definition) is 1. The summed E-state index contributed by atoms with van der Waals surface area (Å²) in [6, 6.07) is 1.66. The van der Waals surface area contributed by atoms with Gasteiger partial charge in [-0.25, -0.2) is 9.78 Å². The molecule has 4 nitrogen and oxygen atoms in total. The molecule has 0 aliphatic rings. The maximum Gasteiger partial charge on any atom is 0.345 e. The quantitative estimate of drug-likeness (QED) is 0.866. The Hall–Kier alpha value is -1.62. The molecular formula is C10H10N2O2S. The molecule has 0 fully saturated rings. The Labute approximate surface area is 90.8 Å². The molecule has 2 heterocycles. The van der Waals surface area contributed by atoms with Crippen LogP contribution in [0, 0.1) is 0 Å². The first-order valence-electron chi connectivity index (χ1n) is 4.56. The van der Waals surface area contributed by atoms with Crippen LogP contribution in [0.25, 0.3) is 5.69 Å². The first-order valence-corrected chi connectivity index (χ1v) is 5.44. The lowest BCUT2D eigenvalue weighted by Crippen LogP contribution is -1.97. The summed E-state index contributed by atoms with van der Waals surface area (Å²) in [6.07, 6.45) is 4.38. The lowest BCUT2D eigenvalue weighted by Gasteiger charge is -2.01. The maximum atomic E-state index is 10.7. The number of imidazole rings is 1. The molecule has 5 heteroatoms. The van der Waals surface area contributed by atoms with Crippen LogP contribution in [0.1, 0.15) is 22.4 Å². The molecule has 2 rings (SSSR count). The fourth-order valence-electron chi connectivity index (χ4n) is 1.40. The van der Waals surface area contributed by atoms with Crippen LogP contribution >= 0.6 is 11.3 Å². The van der Waals surface area contributed by atoms with Gasteiger partial charge >= 0.3 is 5.97 Å². The number of carboxylic acids is 1. The number of aromatic nitrogens is 2. The van der Waals surface area contributed by atoms with Crippen molar-refractivity contribution >= 4 is 17.3 Å². The normalized spacial score (nSPS) is 10.5. The minimum atomic E-state index is -0.885. The Balaban J connectivity index is 2.41. The number of aromatic carboxylic acids is 1. The monoisotopic (exact) mass is 222 g/mol. The van der Waals surface area contributed by atoms with E-state index in [1.807, 2.05) is 23.1 Å². The SMILES string of the molecule is CCc1nccn1-c1csc(C(=O)O)c1. The van der Waals surface area contributed by atoms with E-state index in [2.05, 4.69) is 4.98 Å². The topological polar surface area (TPSA) is 55.1 Å². The van der Waals surface area contributed by atoms with Crippen molar-refractivity contribution < 1.29 is 9.90 Å². The predicted molar refractivity (Wildman–Crippen MR) is 57.8 cm³/mol. The summed E-state index contributed by atoms with van der Waals surface area (Å²) < 4.78 is 1.91. The van der Waals surface area contributed by atoms with E-state index in [0.717, 1.165) is 17.9 Å². The second-order valence-corrected chi connectivity index (χ2v) is 3.95. The van der Waals surface area contributed by atoms with E-state index in [0.29, 0.717) is 4.88 Å². The summed E-state index contributed by atoms with van der Waals surface area (Å²) in [5.41, 5.74) is 0.867. The van der Waals surface area contributed by atoms with Crippen molar-refractivity contribution in [3.63, 3.8) is 0 Å². The van der Waals surface area contributed by atoms with Crippen LogP contribution in [0.2, 0.25) is 0 Å². The van der Waals surface area contributed by atoms with Crippen LogP contribution in [0.15, 0.2) is 23.8 Å².